The highest BCUT2D eigenvalue weighted by Gasteiger charge is 2.49. The van der Waals surface area contributed by atoms with E-state index in [1.807, 2.05) is 59.9 Å². The summed E-state index contributed by atoms with van der Waals surface area (Å²) in [6.45, 7) is 2.01. The number of imidazole rings is 1. The fraction of sp³-hybridized carbons (Fsp3) is 0.375. The van der Waals surface area contributed by atoms with Crippen molar-refractivity contribution in [1.82, 2.24) is 24.2 Å². The second-order valence-electron chi connectivity index (χ2n) is 12.1. The molecule has 2 aliphatic heterocycles. The molecule has 0 bridgehead atoms. The third kappa shape index (κ3) is 4.92. The van der Waals surface area contributed by atoms with Gasteiger partial charge in [0.15, 0.2) is 0 Å². The fourth-order valence-corrected chi connectivity index (χ4v) is 7.05. The Morgan fingerprint density at radius 3 is 2.52 bits per heavy atom. The lowest BCUT2D eigenvalue weighted by molar-refractivity contribution is -0.138. The van der Waals surface area contributed by atoms with E-state index in [1.54, 1.807) is 16.0 Å². The van der Waals surface area contributed by atoms with E-state index in [0.717, 1.165) is 48.0 Å². The maximum absolute atomic E-state index is 14.4. The van der Waals surface area contributed by atoms with Crippen LogP contribution in [0, 0.1) is 11.8 Å². The van der Waals surface area contributed by atoms with E-state index in [0.29, 0.717) is 18.2 Å². The van der Waals surface area contributed by atoms with Gasteiger partial charge in [-0.25, -0.2) is 9.67 Å². The molecular formula is C32H30BrF3N6O2. The van der Waals surface area contributed by atoms with Gasteiger partial charge < -0.3 is 9.47 Å². The minimum atomic E-state index is -4.61. The van der Waals surface area contributed by atoms with Crippen LogP contribution in [0.5, 0.6) is 0 Å². The summed E-state index contributed by atoms with van der Waals surface area (Å²) in [6.07, 6.45) is 4.27. The van der Waals surface area contributed by atoms with Crippen molar-refractivity contribution in [2.45, 2.75) is 50.9 Å². The predicted octanol–water partition coefficient (Wildman–Crippen LogP) is 6.79. The Labute approximate surface area is 260 Å². The number of aromatic nitrogens is 4. The number of carbonyl (C=O) groups is 2. The molecule has 1 saturated carbocycles. The molecule has 7 rings (SSSR count). The molecule has 4 aromatic rings. The first-order chi connectivity index (χ1) is 21.0. The number of hydrogen-bond acceptors (Lipinski definition) is 4. The molecule has 2 amide bonds. The number of nitrogens with zero attached hydrogens (tertiary/aromatic N) is 6. The Morgan fingerprint density at radius 2 is 1.86 bits per heavy atom. The predicted molar refractivity (Wildman–Crippen MR) is 161 cm³/mol. The number of fused-ring (bicyclic) bond motifs is 3. The van der Waals surface area contributed by atoms with Crippen LogP contribution in [0.1, 0.15) is 53.7 Å². The second kappa shape index (κ2) is 10.6. The number of benzene rings is 2. The Morgan fingerprint density at radius 1 is 1.11 bits per heavy atom. The molecule has 2 aromatic heterocycles. The van der Waals surface area contributed by atoms with Gasteiger partial charge in [-0.2, -0.15) is 18.3 Å². The number of halogens is 4. The molecule has 0 N–H and O–H groups in total. The fourth-order valence-electron chi connectivity index (χ4n) is 6.58. The number of anilines is 2. The molecular weight excluding hydrogens is 637 g/mol. The number of rotatable bonds is 5. The first-order valence-electron chi connectivity index (χ1n) is 14.7. The van der Waals surface area contributed by atoms with Crippen molar-refractivity contribution < 1.29 is 22.8 Å². The quantitative estimate of drug-likeness (QED) is 0.235. The molecule has 0 radical (unpaired) electrons. The highest BCUT2D eigenvalue weighted by atomic mass is 79.9. The van der Waals surface area contributed by atoms with E-state index in [4.69, 9.17) is 5.10 Å². The van der Waals surface area contributed by atoms with Gasteiger partial charge in [0.25, 0.3) is 5.91 Å². The van der Waals surface area contributed by atoms with Gasteiger partial charge in [0.2, 0.25) is 5.91 Å². The van der Waals surface area contributed by atoms with Crippen molar-refractivity contribution in [3.05, 3.63) is 82.2 Å². The van der Waals surface area contributed by atoms with Gasteiger partial charge in [0.1, 0.15) is 11.6 Å². The Hall–Kier alpha value is -3.93. The van der Waals surface area contributed by atoms with Gasteiger partial charge in [0, 0.05) is 53.2 Å². The standard InChI is InChI=1S/C32H30BrF3N6O2/c1-18-13-24-27(17-40(18)30(43)21-7-10-26(33)25(15-21)32(34,35)36)42-29(22(16-38-42)14-19-3-4-19)41(31(24)44)23-8-5-20(6-9-23)28-37-11-12-39(28)2/h5-12,15-16,18-19,24,27H,3-4,13-14,17H2,1-2H3/t18-,24?,27?/m0/s1. The van der Waals surface area contributed by atoms with Crippen molar-refractivity contribution >= 4 is 39.2 Å². The largest absolute Gasteiger partial charge is 0.417 e. The number of carbonyl (C=O) groups excluding carboxylic acids is 2. The molecule has 3 atom stereocenters. The zero-order chi connectivity index (χ0) is 30.9. The van der Waals surface area contributed by atoms with E-state index in [-0.39, 0.29) is 28.5 Å². The Bertz CT molecular complexity index is 1760. The van der Waals surface area contributed by atoms with Crippen molar-refractivity contribution in [1.29, 1.82) is 0 Å². The maximum atomic E-state index is 14.4. The van der Waals surface area contributed by atoms with Crippen LogP contribution >= 0.6 is 15.9 Å². The van der Waals surface area contributed by atoms with E-state index < -0.39 is 29.6 Å². The highest BCUT2D eigenvalue weighted by molar-refractivity contribution is 9.10. The zero-order valence-electron chi connectivity index (χ0n) is 24.1. The first kappa shape index (κ1) is 28.8. The number of piperidine rings is 1. The summed E-state index contributed by atoms with van der Waals surface area (Å²) < 4.78 is 44.5. The van der Waals surface area contributed by atoms with Crippen LogP contribution in [-0.2, 0) is 24.4 Å². The highest BCUT2D eigenvalue weighted by Crippen LogP contribution is 2.46. The summed E-state index contributed by atoms with van der Waals surface area (Å²) in [5, 5.41) is 4.77. The van der Waals surface area contributed by atoms with Crippen LogP contribution in [-0.4, -0.2) is 48.6 Å². The molecule has 2 unspecified atom stereocenters. The van der Waals surface area contributed by atoms with Crippen LogP contribution in [0.3, 0.4) is 0 Å². The molecule has 4 heterocycles. The Balaban J connectivity index is 1.24. The zero-order valence-corrected chi connectivity index (χ0v) is 25.7. The lowest BCUT2D eigenvalue weighted by Gasteiger charge is -2.47. The third-order valence-corrected chi connectivity index (χ3v) is 9.76. The van der Waals surface area contributed by atoms with Gasteiger partial charge in [-0.05, 0) is 81.0 Å². The minimum Gasteiger partial charge on any atom is -0.334 e. The van der Waals surface area contributed by atoms with Crippen LogP contribution in [0.25, 0.3) is 11.4 Å². The van der Waals surface area contributed by atoms with Gasteiger partial charge in [-0.3, -0.25) is 14.5 Å². The van der Waals surface area contributed by atoms with Crippen LogP contribution in [0.15, 0.2) is 65.5 Å². The monoisotopic (exact) mass is 666 g/mol. The van der Waals surface area contributed by atoms with Crippen molar-refractivity contribution in [3.8, 4) is 11.4 Å². The first-order valence-corrected chi connectivity index (χ1v) is 15.5. The summed E-state index contributed by atoms with van der Waals surface area (Å²) in [4.78, 5) is 35.8. The minimum absolute atomic E-state index is 0.0440. The van der Waals surface area contributed by atoms with Crippen LogP contribution < -0.4 is 4.90 Å². The molecule has 1 saturated heterocycles. The van der Waals surface area contributed by atoms with Crippen molar-refractivity contribution in [3.63, 3.8) is 0 Å². The number of hydrogen-bond donors (Lipinski definition) is 0. The van der Waals surface area contributed by atoms with Gasteiger partial charge >= 0.3 is 6.18 Å². The van der Waals surface area contributed by atoms with E-state index in [9.17, 15) is 22.8 Å². The average molecular weight is 668 g/mol. The van der Waals surface area contributed by atoms with Crippen molar-refractivity contribution in [2.24, 2.45) is 18.9 Å². The number of aryl methyl sites for hydroxylation is 1. The molecule has 0 spiro atoms. The van der Waals surface area contributed by atoms with E-state index in [1.165, 1.54) is 12.1 Å². The summed E-state index contributed by atoms with van der Waals surface area (Å²) >= 11 is 2.96. The topological polar surface area (TPSA) is 76.3 Å². The third-order valence-electron chi connectivity index (χ3n) is 9.07. The maximum Gasteiger partial charge on any atom is 0.417 e. The number of likely N-dealkylation sites (tertiary alicyclic amines) is 1. The Kier molecular flexibility index (Phi) is 6.95. The number of alkyl halides is 3. The summed E-state index contributed by atoms with van der Waals surface area (Å²) in [7, 11) is 1.93. The lowest BCUT2D eigenvalue weighted by Crippen LogP contribution is -2.56. The number of amides is 2. The molecule has 1 aliphatic carbocycles. The van der Waals surface area contributed by atoms with E-state index in [2.05, 4.69) is 20.9 Å². The van der Waals surface area contributed by atoms with E-state index >= 15 is 0 Å². The summed E-state index contributed by atoms with van der Waals surface area (Å²) in [6, 6.07) is 10.5. The normalized spacial score (nSPS) is 21.8. The van der Waals surface area contributed by atoms with Gasteiger partial charge in [-0.15, -0.1) is 0 Å². The summed E-state index contributed by atoms with van der Waals surface area (Å²) in [5.41, 5.74) is 1.69. The van der Waals surface area contributed by atoms with Crippen LogP contribution in [0.4, 0.5) is 24.7 Å². The second-order valence-corrected chi connectivity index (χ2v) is 12.9. The molecule has 2 aromatic carbocycles. The molecule has 3 aliphatic rings. The van der Waals surface area contributed by atoms with Gasteiger partial charge in [-0.1, -0.05) is 15.9 Å². The summed E-state index contributed by atoms with van der Waals surface area (Å²) in [5.74, 6) is 1.05. The van der Waals surface area contributed by atoms with Gasteiger partial charge in [0.05, 0.1) is 29.4 Å². The van der Waals surface area contributed by atoms with Crippen LogP contribution in [0.2, 0.25) is 0 Å². The molecule has 44 heavy (non-hydrogen) atoms. The molecule has 228 valence electrons. The van der Waals surface area contributed by atoms with Crippen molar-refractivity contribution in [2.75, 3.05) is 11.4 Å². The average Bonchev–Trinajstić information content (AvgIpc) is 3.56. The smallest absolute Gasteiger partial charge is 0.334 e. The molecule has 2 fully saturated rings. The molecule has 12 heteroatoms. The molecule has 8 nitrogen and oxygen atoms in total. The lowest BCUT2D eigenvalue weighted by atomic mass is 9.84. The SMILES string of the molecule is C[C@H]1CC2C(=O)N(c3ccc(-c4nccn4C)cc3)c3c(CC4CC4)cnn3C2CN1C(=O)c1ccc(Br)c(C(F)(F)F)c1.